The van der Waals surface area contributed by atoms with E-state index in [0.29, 0.717) is 13.2 Å². The maximum absolute atomic E-state index is 11.0. The summed E-state index contributed by atoms with van der Waals surface area (Å²) in [6, 6.07) is 0. The third kappa shape index (κ3) is 9.14. The molecule has 0 aliphatic heterocycles. The van der Waals surface area contributed by atoms with E-state index in [1.54, 1.807) is 0 Å². The molecule has 0 spiro atoms. The van der Waals surface area contributed by atoms with E-state index >= 15 is 0 Å². The van der Waals surface area contributed by atoms with Crippen LogP contribution >= 0.6 is 0 Å². The Kier molecular flexibility index (Phi) is 5.46. The van der Waals surface area contributed by atoms with E-state index in [1.165, 1.54) is 0 Å². The summed E-state index contributed by atoms with van der Waals surface area (Å²) in [5.41, 5.74) is 0.0281. The van der Waals surface area contributed by atoms with Crippen LogP contribution in [0.3, 0.4) is 0 Å². The fraction of sp³-hybridized carbons (Fsp3) is 0.889. The summed E-state index contributed by atoms with van der Waals surface area (Å²) >= 11 is 0. The van der Waals surface area contributed by atoms with Crippen molar-refractivity contribution in [1.29, 1.82) is 0 Å². The molecule has 4 heteroatoms. The number of nitrogens with one attached hydrogen (secondary N) is 2. The molecule has 0 aromatic heterocycles. The molecule has 78 valence electrons. The largest absolute Gasteiger partial charge is 0.449 e. The van der Waals surface area contributed by atoms with Crippen molar-refractivity contribution < 1.29 is 9.53 Å². The highest BCUT2D eigenvalue weighted by molar-refractivity contribution is 5.67. The van der Waals surface area contributed by atoms with Crippen LogP contribution in [0.5, 0.6) is 0 Å². The van der Waals surface area contributed by atoms with Gasteiger partial charge in [0.15, 0.2) is 0 Å². The van der Waals surface area contributed by atoms with Crippen LogP contribution in [-0.4, -0.2) is 32.8 Å². The molecule has 4 nitrogen and oxygen atoms in total. The monoisotopic (exact) mass is 188 g/mol. The summed E-state index contributed by atoms with van der Waals surface area (Å²) in [5.74, 6) is 0. The van der Waals surface area contributed by atoms with E-state index in [4.69, 9.17) is 4.74 Å². The van der Waals surface area contributed by atoms with Crippen molar-refractivity contribution >= 4 is 6.09 Å². The summed E-state index contributed by atoms with van der Waals surface area (Å²) in [7, 11) is 1.84. The number of hydrogen-bond acceptors (Lipinski definition) is 3. The molecule has 0 radical (unpaired) electrons. The van der Waals surface area contributed by atoms with E-state index in [2.05, 4.69) is 10.6 Å². The van der Waals surface area contributed by atoms with Gasteiger partial charge in [-0.25, -0.2) is 4.79 Å². The van der Waals surface area contributed by atoms with Gasteiger partial charge in [-0.15, -0.1) is 0 Å². The molecule has 0 rings (SSSR count). The molecule has 0 aliphatic carbocycles. The molecule has 13 heavy (non-hydrogen) atoms. The minimum absolute atomic E-state index is 0.0281. The van der Waals surface area contributed by atoms with E-state index in [0.717, 1.165) is 6.54 Å². The van der Waals surface area contributed by atoms with Crippen LogP contribution < -0.4 is 10.6 Å². The first-order chi connectivity index (χ1) is 5.95. The maximum Gasteiger partial charge on any atom is 0.407 e. The molecule has 0 atom stereocenters. The lowest BCUT2D eigenvalue weighted by molar-refractivity contribution is 0.106. The number of carbonyl (C=O) groups is 1. The molecule has 0 fully saturated rings. The van der Waals surface area contributed by atoms with Crippen LogP contribution in [0.25, 0.3) is 0 Å². The van der Waals surface area contributed by atoms with Gasteiger partial charge in [0.1, 0.15) is 0 Å². The summed E-state index contributed by atoms with van der Waals surface area (Å²) in [6.45, 7) is 7.86. The van der Waals surface area contributed by atoms with Crippen LogP contribution in [0, 0.1) is 5.41 Å². The number of likely N-dealkylation sites (N-methyl/N-ethyl adjacent to an activating group) is 1. The van der Waals surface area contributed by atoms with Gasteiger partial charge in [-0.1, -0.05) is 20.8 Å². The van der Waals surface area contributed by atoms with Crippen LogP contribution in [0.2, 0.25) is 0 Å². The Balaban J connectivity index is 3.41. The van der Waals surface area contributed by atoms with E-state index in [-0.39, 0.29) is 11.5 Å². The average Bonchev–Trinajstić information content (AvgIpc) is 2.00. The maximum atomic E-state index is 11.0. The van der Waals surface area contributed by atoms with Gasteiger partial charge in [-0.2, -0.15) is 0 Å². The number of ether oxygens (including phenoxy) is 1. The van der Waals surface area contributed by atoms with Crippen molar-refractivity contribution in [3.8, 4) is 0 Å². The first kappa shape index (κ1) is 12.2. The Morgan fingerprint density at radius 2 is 1.92 bits per heavy atom. The van der Waals surface area contributed by atoms with Crippen molar-refractivity contribution in [2.45, 2.75) is 20.8 Å². The molecule has 0 aliphatic rings. The van der Waals surface area contributed by atoms with Crippen molar-refractivity contribution in [1.82, 2.24) is 10.6 Å². The first-order valence-electron chi connectivity index (χ1n) is 4.51. The zero-order valence-electron chi connectivity index (χ0n) is 8.94. The lowest BCUT2D eigenvalue weighted by Gasteiger charge is -2.17. The van der Waals surface area contributed by atoms with Gasteiger partial charge >= 0.3 is 6.09 Å². The van der Waals surface area contributed by atoms with E-state index < -0.39 is 0 Å². The Morgan fingerprint density at radius 3 is 2.38 bits per heavy atom. The second-order valence-electron chi connectivity index (χ2n) is 4.17. The molecular weight excluding hydrogens is 168 g/mol. The molecule has 0 bridgehead atoms. The quantitative estimate of drug-likeness (QED) is 0.646. The number of hydrogen-bond donors (Lipinski definition) is 2. The molecule has 1 amide bonds. The van der Waals surface area contributed by atoms with Gasteiger partial charge in [0, 0.05) is 13.1 Å². The van der Waals surface area contributed by atoms with Gasteiger partial charge in [0.2, 0.25) is 0 Å². The Labute approximate surface area is 80.0 Å². The summed E-state index contributed by atoms with van der Waals surface area (Å²) in [4.78, 5) is 11.0. The number of carbonyl (C=O) groups excluding carboxylic acids is 1. The predicted molar refractivity (Wildman–Crippen MR) is 52.7 cm³/mol. The fourth-order valence-electron chi connectivity index (χ4n) is 0.623. The van der Waals surface area contributed by atoms with Gasteiger partial charge in [0.05, 0.1) is 6.61 Å². The van der Waals surface area contributed by atoms with Gasteiger partial charge in [-0.05, 0) is 12.5 Å². The van der Waals surface area contributed by atoms with Crippen LogP contribution in [0.15, 0.2) is 0 Å². The number of rotatable bonds is 4. The second kappa shape index (κ2) is 5.80. The second-order valence-corrected chi connectivity index (χ2v) is 4.17. The normalized spacial score (nSPS) is 11.1. The van der Waals surface area contributed by atoms with Gasteiger partial charge < -0.3 is 15.4 Å². The Morgan fingerprint density at radius 1 is 1.31 bits per heavy atom. The third-order valence-electron chi connectivity index (χ3n) is 1.28. The Bertz CT molecular complexity index is 152. The topological polar surface area (TPSA) is 50.4 Å². The summed E-state index contributed by atoms with van der Waals surface area (Å²) in [5, 5.41) is 5.56. The van der Waals surface area contributed by atoms with Gasteiger partial charge in [0.25, 0.3) is 0 Å². The van der Waals surface area contributed by atoms with Crippen LogP contribution in [-0.2, 0) is 4.74 Å². The molecule has 2 N–H and O–H groups in total. The average molecular weight is 188 g/mol. The first-order valence-corrected chi connectivity index (χ1v) is 4.51. The lowest BCUT2D eigenvalue weighted by atomic mass is 9.99. The minimum atomic E-state index is -0.342. The van der Waals surface area contributed by atoms with Crippen molar-refractivity contribution in [3.05, 3.63) is 0 Å². The van der Waals surface area contributed by atoms with Crippen molar-refractivity contribution in [2.75, 3.05) is 26.7 Å². The van der Waals surface area contributed by atoms with Crippen molar-refractivity contribution in [3.63, 3.8) is 0 Å². The summed E-state index contributed by atoms with van der Waals surface area (Å²) in [6.07, 6.45) is -0.342. The zero-order valence-corrected chi connectivity index (χ0v) is 8.94. The predicted octanol–water partition coefficient (Wildman–Crippen LogP) is 0.978. The molecular formula is C9H20N2O2. The third-order valence-corrected chi connectivity index (χ3v) is 1.28. The molecule has 0 saturated carbocycles. The minimum Gasteiger partial charge on any atom is -0.449 e. The van der Waals surface area contributed by atoms with E-state index in [9.17, 15) is 4.79 Å². The highest BCUT2D eigenvalue weighted by Gasteiger charge is 2.12. The van der Waals surface area contributed by atoms with Crippen LogP contribution in [0.1, 0.15) is 20.8 Å². The highest BCUT2D eigenvalue weighted by atomic mass is 16.5. The van der Waals surface area contributed by atoms with Gasteiger partial charge in [-0.3, -0.25) is 0 Å². The molecule has 0 saturated heterocycles. The van der Waals surface area contributed by atoms with Crippen molar-refractivity contribution in [2.24, 2.45) is 5.41 Å². The van der Waals surface area contributed by atoms with E-state index in [1.807, 2.05) is 27.8 Å². The molecule has 0 aromatic rings. The highest BCUT2D eigenvalue weighted by Crippen LogP contribution is 2.12. The summed E-state index contributed by atoms with van der Waals surface area (Å²) < 4.78 is 4.98. The SMILES string of the molecule is CNCCNC(=O)OCC(C)(C)C. The molecule has 0 unspecified atom stereocenters. The number of alkyl carbamates (subject to hydrolysis) is 1. The molecule has 0 heterocycles. The number of amides is 1. The van der Waals surface area contributed by atoms with Crippen LogP contribution in [0.4, 0.5) is 4.79 Å². The molecule has 0 aromatic carbocycles. The Hall–Kier alpha value is -0.770. The fourth-order valence-corrected chi connectivity index (χ4v) is 0.623. The standard InChI is InChI=1S/C9H20N2O2/c1-9(2,3)7-13-8(12)11-6-5-10-4/h10H,5-7H2,1-4H3,(H,11,12). The lowest BCUT2D eigenvalue weighted by Crippen LogP contribution is -2.32. The smallest absolute Gasteiger partial charge is 0.407 e. The zero-order chi connectivity index (χ0) is 10.3.